The topological polar surface area (TPSA) is 119 Å². The monoisotopic (exact) mass is 411 g/mol. The van der Waals surface area contributed by atoms with E-state index in [4.69, 9.17) is 4.74 Å². The lowest BCUT2D eigenvalue weighted by atomic mass is 10.2. The third-order valence-corrected chi connectivity index (χ3v) is 5.35. The van der Waals surface area contributed by atoms with Crippen molar-refractivity contribution in [3.05, 3.63) is 23.9 Å². The summed E-state index contributed by atoms with van der Waals surface area (Å²) < 4.78 is 34.5. The summed E-state index contributed by atoms with van der Waals surface area (Å²) in [4.78, 5) is 32.0. The molecule has 2 aromatic heterocycles. The number of carbonyl (C=O) groups excluding carboxylic acids is 2. The van der Waals surface area contributed by atoms with Crippen molar-refractivity contribution in [1.82, 2.24) is 14.9 Å². The molecule has 0 radical (unpaired) electrons. The number of esters is 1. The van der Waals surface area contributed by atoms with Crippen LogP contribution >= 0.6 is 0 Å². The molecule has 0 aliphatic carbocycles. The van der Waals surface area contributed by atoms with E-state index in [1.165, 1.54) is 18.1 Å². The molecule has 0 unspecified atom stereocenters. The lowest BCUT2D eigenvalue weighted by Gasteiger charge is -2.24. The van der Waals surface area contributed by atoms with Crippen molar-refractivity contribution in [1.29, 1.82) is 0 Å². The van der Waals surface area contributed by atoms with Crippen molar-refractivity contribution in [2.75, 3.05) is 19.9 Å². The van der Waals surface area contributed by atoms with E-state index in [9.17, 15) is 18.0 Å². The van der Waals surface area contributed by atoms with Crippen molar-refractivity contribution in [3.8, 4) is 0 Å². The molecule has 0 atom stereocenters. The maximum Gasteiger partial charge on any atom is 0.410 e. The van der Waals surface area contributed by atoms with Crippen molar-refractivity contribution in [2.45, 2.75) is 44.4 Å². The number of hydrogen-bond donors (Lipinski definition) is 1. The summed E-state index contributed by atoms with van der Waals surface area (Å²) in [5.41, 5.74) is 1.17. The zero-order valence-corrected chi connectivity index (χ0v) is 17.4. The number of sulfone groups is 1. The quantitative estimate of drug-likeness (QED) is 0.724. The van der Waals surface area contributed by atoms with E-state index in [-0.39, 0.29) is 23.7 Å². The lowest BCUT2D eigenvalue weighted by Crippen LogP contribution is -2.33. The number of pyridine rings is 1. The first kappa shape index (κ1) is 21.7. The van der Waals surface area contributed by atoms with Crippen LogP contribution in [0.15, 0.2) is 23.2 Å². The summed E-state index contributed by atoms with van der Waals surface area (Å²) in [6.45, 7) is 5.60. The van der Waals surface area contributed by atoms with E-state index in [0.29, 0.717) is 16.7 Å². The smallest absolute Gasteiger partial charge is 0.410 e. The molecule has 2 rings (SSSR count). The number of nitrogens with one attached hydrogen (secondary N) is 1. The van der Waals surface area contributed by atoms with Crippen LogP contribution in [-0.4, -0.2) is 60.9 Å². The second-order valence-corrected chi connectivity index (χ2v) is 9.41. The number of aromatic nitrogens is 2. The van der Waals surface area contributed by atoms with Gasteiger partial charge >= 0.3 is 12.1 Å². The molecule has 0 saturated heterocycles. The van der Waals surface area contributed by atoms with Crippen LogP contribution in [0.5, 0.6) is 0 Å². The molecule has 0 aliphatic rings. The highest BCUT2D eigenvalue weighted by atomic mass is 32.2. The molecule has 0 bridgehead atoms. The average Bonchev–Trinajstić information content (AvgIpc) is 2.99. The van der Waals surface area contributed by atoms with Crippen molar-refractivity contribution in [3.63, 3.8) is 0 Å². The second kappa shape index (κ2) is 8.17. The number of methoxy groups -OCH3 is 1. The van der Waals surface area contributed by atoms with Gasteiger partial charge in [0.2, 0.25) is 0 Å². The van der Waals surface area contributed by atoms with Gasteiger partial charge in [-0.05, 0) is 39.0 Å². The van der Waals surface area contributed by atoms with Gasteiger partial charge in [0.1, 0.15) is 5.60 Å². The van der Waals surface area contributed by atoms with Crippen LogP contribution in [0.25, 0.3) is 11.0 Å². The third-order valence-electron chi connectivity index (χ3n) is 3.74. The van der Waals surface area contributed by atoms with E-state index in [1.54, 1.807) is 40.0 Å². The number of ether oxygens (including phenoxy) is 2. The van der Waals surface area contributed by atoms with Crippen molar-refractivity contribution in [2.24, 2.45) is 0 Å². The molecule has 28 heavy (non-hydrogen) atoms. The standard InChI is InChI=1S/C18H25N3O6S/c1-18(2,3)27-17(23)21(4)11-12-10-14-13(19-12)6-7-15(20-14)28(24,25)9-8-16(22)26-5/h6-7,10,19H,8-9,11H2,1-5H3. The van der Waals surface area contributed by atoms with Gasteiger partial charge < -0.3 is 19.4 Å². The summed E-state index contributed by atoms with van der Waals surface area (Å²) in [5, 5.41) is -0.116. The molecule has 1 N–H and O–H groups in total. The summed E-state index contributed by atoms with van der Waals surface area (Å²) in [6.07, 6.45) is -0.706. The Labute approximate surface area is 163 Å². The summed E-state index contributed by atoms with van der Waals surface area (Å²) in [7, 11) is -0.905. The van der Waals surface area contributed by atoms with Crippen LogP contribution < -0.4 is 0 Å². The van der Waals surface area contributed by atoms with Gasteiger partial charge in [-0.2, -0.15) is 0 Å². The third kappa shape index (κ3) is 5.69. The Morgan fingerprint density at radius 1 is 1.25 bits per heavy atom. The number of nitrogens with zero attached hydrogens (tertiary/aromatic N) is 2. The molecule has 0 spiro atoms. The van der Waals surface area contributed by atoms with Gasteiger partial charge in [0.05, 0.1) is 36.9 Å². The highest BCUT2D eigenvalue weighted by Crippen LogP contribution is 2.19. The lowest BCUT2D eigenvalue weighted by molar-refractivity contribution is -0.140. The fourth-order valence-electron chi connectivity index (χ4n) is 2.39. The minimum absolute atomic E-state index is 0.116. The maximum atomic E-state index is 12.4. The predicted molar refractivity (Wildman–Crippen MR) is 102 cm³/mol. The van der Waals surface area contributed by atoms with E-state index < -0.39 is 27.5 Å². The highest BCUT2D eigenvalue weighted by Gasteiger charge is 2.21. The molecular formula is C18H25N3O6S. The minimum atomic E-state index is -3.71. The summed E-state index contributed by atoms with van der Waals surface area (Å²) >= 11 is 0. The fourth-order valence-corrected chi connectivity index (χ4v) is 3.55. The predicted octanol–water partition coefficient (Wildman–Crippen LogP) is 2.27. The van der Waals surface area contributed by atoms with Crippen molar-refractivity contribution >= 4 is 32.9 Å². The Balaban J connectivity index is 2.16. The molecule has 0 aromatic carbocycles. The van der Waals surface area contributed by atoms with Crippen LogP contribution in [0.3, 0.4) is 0 Å². The first-order valence-electron chi connectivity index (χ1n) is 8.63. The molecule has 2 heterocycles. The number of amides is 1. The van der Waals surface area contributed by atoms with Gasteiger partial charge in [0.15, 0.2) is 14.9 Å². The molecule has 10 heteroatoms. The van der Waals surface area contributed by atoms with Crippen LogP contribution in [0, 0.1) is 0 Å². The number of hydrogen-bond acceptors (Lipinski definition) is 7. The Bertz CT molecular complexity index is 975. The van der Waals surface area contributed by atoms with Crippen LogP contribution in [0.2, 0.25) is 0 Å². The molecule has 0 aliphatic heterocycles. The Morgan fingerprint density at radius 3 is 2.54 bits per heavy atom. The molecule has 154 valence electrons. The van der Waals surface area contributed by atoms with Gasteiger partial charge in [-0.1, -0.05) is 0 Å². The Hall–Kier alpha value is -2.62. The van der Waals surface area contributed by atoms with E-state index in [0.717, 1.165) is 0 Å². The second-order valence-electron chi connectivity index (χ2n) is 7.36. The first-order chi connectivity index (χ1) is 12.9. The number of rotatable bonds is 6. The van der Waals surface area contributed by atoms with Gasteiger partial charge in [-0.15, -0.1) is 0 Å². The average molecular weight is 411 g/mol. The minimum Gasteiger partial charge on any atom is -0.469 e. The van der Waals surface area contributed by atoms with Crippen LogP contribution in [0.4, 0.5) is 4.79 Å². The van der Waals surface area contributed by atoms with Crippen LogP contribution in [0.1, 0.15) is 32.9 Å². The maximum absolute atomic E-state index is 12.4. The summed E-state index contributed by atoms with van der Waals surface area (Å²) in [6, 6.07) is 4.66. The zero-order chi connectivity index (χ0) is 21.1. The van der Waals surface area contributed by atoms with E-state index in [2.05, 4.69) is 14.7 Å². The van der Waals surface area contributed by atoms with E-state index >= 15 is 0 Å². The molecule has 9 nitrogen and oxygen atoms in total. The number of carbonyl (C=O) groups is 2. The number of fused-ring (bicyclic) bond motifs is 1. The van der Waals surface area contributed by atoms with Gasteiger partial charge in [-0.25, -0.2) is 18.2 Å². The molecule has 1 amide bonds. The number of H-pyrrole nitrogens is 1. The normalized spacial score (nSPS) is 12.0. The number of aromatic amines is 1. The SMILES string of the molecule is COC(=O)CCS(=O)(=O)c1ccc2[nH]c(CN(C)C(=O)OC(C)(C)C)cc2n1. The van der Waals surface area contributed by atoms with Crippen LogP contribution in [-0.2, 0) is 30.7 Å². The van der Waals surface area contributed by atoms with Gasteiger partial charge in [0, 0.05) is 12.7 Å². The highest BCUT2D eigenvalue weighted by molar-refractivity contribution is 7.91. The van der Waals surface area contributed by atoms with Gasteiger partial charge in [0.25, 0.3) is 0 Å². The molecule has 2 aromatic rings. The fraction of sp³-hybridized carbons (Fsp3) is 0.500. The van der Waals surface area contributed by atoms with E-state index in [1.807, 2.05) is 0 Å². The van der Waals surface area contributed by atoms with Crippen molar-refractivity contribution < 1.29 is 27.5 Å². The molecular weight excluding hydrogens is 386 g/mol. The first-order valence-corrected chi connectivity index (χ1v) is 10.3. The zero-order valence-electron chi connectivity index (χ0n) is 16.6. The Kier molecular flexibility index (Phi) is 6.33. The summed E-state index contributed by atoms with van der Waals surface area (Å²) in [5.74, 6) is -0.977. The molecule has 0 saturated carbocycles. The largest absolute Gasteiger partial charge is 0.469 e. The van der Waals surface area contributed by atoms with Gasteiger partial charge in [-0.3, -0.25) is 4.79 Å². The Morgan fingerprint density at radius 2 is 1.93 bits per heavy atom. The molecule has 0 fully saturated rings.